The number of hydrogen-bond donors (Lipinski definition) is 1. The second kappa shape index (κ2) is 5.81. The molecule has 0 aliphatic heterocycles. The van der Waals surface area contributed by atoms with E-state index in [1.165, 1.54) is 0 Å². The maximum atomic E-state index is 6.22. The molecular weight excluding hydrogens is 279 g/mol. The van der Waals surface area contributed by atoms with Crippen molar-refractivity contribution in [2.24, 2.45) is 0 Å². The molecule has 0 aliphatic carbocycles. The van der Waals surface area contributed by atoms with Crippen LogP contribution in [0.3, 0.4) is 0 Å². The lowest BCUT2D eigenvalue weighted by Gasteiger charge is -2.18. The Bertz CT molecular complexity index is 597. The molecule has 0 amide bonds. The summed E-state index contributed by atoms with van der Waals surface area (Å²) in [6.07, 6.45) is 0. The lowest BCUT2D eigenvalue weighted by Crippen LogP contribution is -2.09. The van der Waals surface area contributed by atoms with Crippen LogP contribution in [0.15, 0.2) is 30.3 Å². The molecule has 0 radical (unpaired) electrons. The number of nitrogens with zero attached hydrogens (tertiary/aromatic N) is 1. The molecule has 0 saturated carbocycles. The highest BCUT2D eigenvalue weighted by Gasteiger charge is 2.11. The average molecular weight is 295 g/mol. The van der Waals surface area contributed by atoms with Crippen LogP contribution in [0.1, 0.15) is 29.9 Å². The van der Waals surface area contributed by atoms with E-state index in [9.17, 15) is 0 Å². The first-order chi connectivity index (χ1) is 8.97. The molecule has 1 aromatic heterocycles. The Balaban J connectivity index is 2.23. The van der Waals surface area contributed by atoms with Gasteiger partial charge in [-0.2, -0.15) is 0 Å². The van der Waals surface area contributed by atoms with Gasteiger partial charge in [-0.15, -0.1) is 0 Å². The van der Waals surface area contributed by atoms with Gasteiger partial charge in [-0.3, -0.25) is 4.98 Å². The first-order valence-corrected chi connectivity index (χ1v) is 6.88. The standard InChI is InChI=1S/C15H16Cl2N2/c1-9-4-7-15(11(3)18-9)19-10(2)13-6-5-12(16)8-14(13)17/h4-8,10,19H,1-3H3. The van der Waals surface area contributed by atoms with Crippen molar-refractivity contribution in [2.45, 2.75) is 26.8 Å². The van der Waals surface area contributed by atoms with Crippen LogP contribution in [-0.4, -0.2) is 4.98 Å². The number of pyridine rings is 1. The number of rotatable bonds is 3. The normalized spacial score (nSPS) is 12.3. The molecule has 0 bridgehead atoms. The minimum atomic E-state index is 0.0907. The molecule has 2 aromatic rings. The van der Waals surface area contributed by atoms with Gasteiger partial charge in [0.05, 0.1) is 17.4 Å². The maximum Gasteiger partial charge on any atom is 0.0607 e. The summed E-state index contributed by atoms with van der Waals surface area (Å²) in [4.78, 5) is 4.44. The van der Waals surface area contributed by atoms with Crippen LogP contribution in [0, 0.1) is 13.8 Å². The molecule has 2 rings (SSSR count). The third kappa shape index (κ3) is 3.40. The minimum Gasteiger partial charge on any atom is -0.377 e. The Kier molecular flexibility index (Phi) is 4.33. The van der Waals surface area contributed by atoms with Crippen LogP contribution < -0.4 is 5.32 Å². The zero-order valence-electron chi connectivity index (χ0n) is 11.2. The van der Waals surface area contributed by atoms with Crippen LogP contribution in [0.2, 0.25) is 10.0 Å². The van der Waals surface area contributed by atoms with Crippen molar-refractivity contribution >= 4 is 28.9 Å². The molecule has 0 spiro atoms. The highest BCUT2D eigenvalue weighted by molar-refractivity contribution is 6.35. The third-order valence-electron chi connectivity index (χ3n) is 3.03. The van der Waals surface area contributed by atoms with Crippen molar-refractivity contribution in [3.05, 3.63) is 57.3 Å². The van der Waals surface area contributed by atoms with Crippen LogP contribution in [0.4, 0.5) is 5.69 Å². The van der Waals surface area contributed by atoms with Gasteiger partial charge in [-0.1, -0.05) is 29.3 Å². The summed E-state index contributed by atoms with van der Waals surface area (Å²) in [6, 6.07) is 9.67. The third-order valence-corrected chi connectivity index (χ3v) is 3.59. The fourth-order valence-corrected chi connectivity index (χ4v) is 2.57. The molecule has 1 N–H and O–H groups in total. The number of halogens is 2. The van der Waals surface area contributed by atoms with Crippen molar-refractivity contribution < 1.29 is 0 Å². The molecule has 4 heteroatoms. The highest BCUT2D eigenvalue weighted by Crippen LogP contribution is 2.29. The Morgan fingerprint density at radius 1 is 1.11 bits per heavy atom. The summed E-state index contributed by atoms with van der Waals surface area (Å²) in [7, 11) is 0. The summed E-state index contributed by atoms with van der Waals surface area (Å²) < 4.78 is 0. The second-order valence-corrected chi connectivity index (χ2v) is 5.46. The number of aryl methyl sites for hydroxylation is 2. The summed E-state index contributed by atoms with van der Waals surface area (Å²) >= 11 is 12.1. The number of hydrogen-bond acceptors (Lipinski definition) is 2. The van der Waals surface area contributed by atoms with Crippen LogP contribution in [-0.2, 0) is 0 Å². The molecule has 0 saturated heterocycles. The Labute approximate surface area is 123 Å². The Hall–Kier alpha value is -1.25. The van der Waals surface area contributed by atoms with Gasteiger partial charge >= 0.3 is 0 Å². The van der Waals surface area contributed by atoms with Crippen LogP contribution in [0.25, 0.3) is 0 Å². The van der Waals surface area contributed by atoms with E-state index in [2.05, 4.69) is 17.2 Å². The monoisotopic (exact) mass is 294 g/mol. The molecule has 100 valence electrons. The van der Waals surface area contributed by atoms with Gasteiger partial charge in [-0.25, -0.2) is 0 Å². The average Bonchev–Trinajstić information content (AvgIpc) is 2.32. The topological polar surface area (TPSA) is 24.9 Å². The van der Waals surface area contributed by atoms with E-state index >= 15 is 0 Å². The van der Waals surface area contributed by atoms with Gasteiger partial charge in [0, 0.05) is 15.7 Å². The van der Waals surface area contributed by atoms with Crippen molar-refractivity contribution in [2.75, 3.05) is 5.32 Å². The zero-order valence-corrected chi connectivity index (χ0v) is 12.7. The van der Waals surface area contributed by atoms with Crippen molar-refractivity contribution in [1.82, 2.24) is 4.98 Å². The fraction of sp³-hybridized carbons (Fsp3) is 0.267. The summed E-state index contributed by atoms with van der Waals surface area (Å²) in [5.74, 6) is 0. The second-order valence-electron chi connectivity index (χ2n) is 4.62. The molecule has 1 unspecified atom stereocenters. The lowest BCUT2D eigenvalue weighted by molar-refractivity contribution is 0.878. The van der Waals surface area contributed by atoms with Crippen molar-refractivity contribution in [1.29, 1.82) is 0 Å². The predicted molar refractivity (Wildman–Crippen MR) is 82.2 cm³/mol. The van der Waals surface area contributed by atoms with Gasteiger partial charge in [0.15, 0.2) is 0 Å². The van der Waals surface area contributed by atoms with Gasteiger partial charge in [0.2, 0.25) is 0 Å². The van der Waals surface area contributed by atoms with Gasteiger partial charge in [-0.05, 0) is 50.6 Å². The molecule has 1 aromatic carbocycles. The van der Waals surface area contributed by atoms with Crippen molar-refractivity contribution in [3.8, 4) is 0 Å². The first kappa shape index (κ1) is 14.2. The van der Waals surface area contributed by atoms with E-state index in [4.69, 9.17) is 23.2 Å². The van der Waals surface area contributed by atoms with Gasteiger partial charge in [0.25, 0.3) is 0 Å². The molecule has 2 nitrogen and oxygen atoms in total. The van der Waals surface area contributed by atoms with Gasteiger partial charge < -0.3 is 5.32 Å². The smallest absolute Gasteiger partial charge is 0.0607 e. The largest absolute Gasteiger partial charge is 0.377 e. The molecule has 1 atom stereocenters. The quantitative estimate of drug-likeness (QED) is 0.844. The summed E-state index contributed by atoms with van der Waals surface area (Å²) in [5.41, 5.74) is 4.03. The van der Waals surface area contributed by atoms with E-state index in [0.717, 1.165) is 22.6 Å². The van der Waals surface area contributed by atoms with E-state index in [1.54, 1.807) is 6.07 Å². The number of anilines is 1. The van der Waals surface area contributed by atoms with E-state index in [0.29, 0.717) is 10.0 Å². The number of aromatic nitrogens is 1. The molecule has 19 heavy (non-hydrogen) atoms. The lowest BCUT2D eigenvalue weighted by atomic mass is 10.1. The predicted octanol–water partition coefficient (Wildman–Crippen LogP) is 5.18. The van der Waals surface area contributed by atoms with E-state index < -0.39 is 0 Å². The maximum absolute atomic E-state index is 6.22. The number of nitrogens with one attached hydrogen (secondary N) is 1. The SMILES string of the molecule is Cc1ccc(NC(C)c2ccc(Cl)cc2Cl)c(C)n1. The molecule has 1 heterocycles. The number of benzene rings is 1. The Morgan fingerprint density at radius 2 is 1.84 bits per heavy atom. The minimum absolute atomic E-state index is 0.0907. The van der Waals surface area contributed by atoms with E-state index in [1.807, 2.05) is 38.1 Å². The summed E-state index contributed by atoms with van der Waals surface area (Å²) in [6.45, 7) is 6.04. The van der Waals surface area contributed by atoms with E-state index in [-0.39, 0.29) is 6.04 Å². The molecular formula is C15H16Cl2N2. The molecule has 0 aliphatic rings. The van der Waals surface area contributed by atoms with Crippen LogP contribution >= 0.6 is 23.2 Å². The first-order valence-electron chi connectivity index (χ1n) is 6.13. The molecule has 0 fully saturated rings. The zero-order chi connectivity index (χ0) is 14.0. The Morgan fingerprint density at radius 3 is 2.47 bits per heavy atom. The summed E-state index contributed by atoms with van der Waals surface area (Å²) in [5, 5.41) is 4.74. The van der Waals surface area contributed by atoms with Crippen LogP contribution in [0.5, 0.6) is 0 Å². The van der Waals surface area contributed by atoms with Gasteiger partial charge in [0.1, 0.15) is 0 Å². The van der Waals surface area contributed by atoms with Crippen molar-refractivity contribution in [3.63, 3.8) is 0 Å². The fourth-order valence-electron chi connectivity index (χ4n) is 2.00. The highest BCUT2D eigenvalue weighted by atomic mass is 35.5.